The molecule has 0 atom stereocenters. The summed E-state index contributed by atoms with van der Waals surface area (Å²) in [5.41, 5.74) is 0.548. The maximum Gasteiger partial charge on any atom is 0.267 e. The molecule has 3 heterocycles. The van der Waals surface area contributed by atoms with Crippen molar-refractivity contribution in [1.82, 2.24) is 14.5 Å². The Labute approximate surface area is 130 Å². The topological polar surface area (TPSA) is 76.9 Å². The van der Waals surface area contributed by atoms with E-state index in [1.54, 1.807) is 31.3 Å². The minimum atomic E-state index is -0.276. The lowest BCUT2D eigenvalue weighted by atomic mass is 10.2. The number of carbonyl (C=O) groups is 1. The normalized spacial score (nSPS) is 10.8. The molecular formula is C15H14N4O2S. The van der Waals surface area contributed by atoms with Crippen LogP contribution in [0.4, 0.5) is 5.82 Å². The number of amides is 1. The van der Waals surface area contributed by atoms with Gasteiger partial charge in [-0.2, -0.15) is 0 Å². The lowest BCUT2D eigenvalue weighted by molar-refractivity contribution is 0.102. The molecule has 3 aromatic rings. The van der Waals surface area contributed by atoms with Crippen molar-refractivity contribution in [1.29, 1.82) is 0 Å². The monoisotopic (exact) mass is 314 g/mol. The average Bonchev–Trinajstić information content (AvgIpc) is 2.86. The van der Waals surface area contributed by atoms with Gasteiger partial charge in [0.2, 0.25) is 0 Å². The summed E-state index contributed by atoms with van der Waals surface area (Å²) in [6.45, 7) is 4.20. The second-order valence-electron chi connectivity index (χ2n) is 4.74. The van der Waals surface area contributed by atoms with Crippen LogP contribution in [0.1, 0.15) is 22.2 Å². The molecular weight excluding hydrogens is 300 g/mol. The van der Waals surface area contributed by atoms with Crippen molar-refractivity contribution in [2.24, 2.45) is 0 Å². The average molecular weight is 314 g/mol. The number of pyridine rings is 1. The molecule has 0 saturated heterocycles. The van der Waals surface area contributed by atoms with E-state index in [1.165, 1.54) is 22.2 Å². The molecule has 0 aliphatic carbocycles. The number of aromatic nitrogens is 3. The van der Waals surface area contributed by atoms with Gasteiger partial charge in [-0.05, 0) is 31.5 Å². The van der Waals surface area contributed by atoms with Gasteiger partial charge in [-0.15, -0.1) is 11.3 Å². The van der Waals surface area contributed by atoms with E-state index in [1.807, 2.05) is 6.92 Å². The Hall–Kier alpha value is -2.54. The van der Waals surface area contributed by atoms with Crippen LogP contribution in [0.15, 0.2) is 35.5 Å². The molecule has 0 bridgehead atoms. The maximum atomic E-state index is 12.4. The van der Waals surface area contributed by atoms with Gasteiger partial charge in [0.1, 0.15) is 10.6 Å². The summed E-state index contributed by atoms with van der Waals surface area (Å²) in [7, 11) is 0. The molecule has 3 aromatic heterocycles. The second-order valence-corrected chi connectivity index (χ2v) is 5.74. The first kappa shape index (κ1) is 14.4. The van der Waals surface area contributed by atoms with Crippen LogP contribution in [0.5, 0.6) is 0 Å². The Morgan fingerprint density at radius 3 is 2.86 bits per heavy atom. The number of rotatable bonds is 3. The Morgan fingerprint density at radius 2 is 2.18 bits per heavy atom. The standard InChI is InChI=1S/C15H14N4O2S/c1-3-19-8-17-14-11(15(19)21)9(2)12(22-14)13(20)18-10-6-4-5-7-16-10/h4-8H,3H2,1-2H3,(H,16,18,20). The first-order chi connectivity index (χ1) is 10.6. The molecule has 7 heteroatoms. The highest BCUT2D eigenvalue weighted by Crippen LogP contribution is 2.27. The van der Waals surface area contributed by atoms with E-state index in [9.17, 15) is 9.59 Å². The summed E-state index contributed by atoms with van der Waals surface area (Å²) in [4.78, 5) is 34.2. The van der Waals surface area contributed by atoms with Crippen LogP contribution in [0, 0.1) is 6.92 Å². The lowest BCUT2D eigenvalue weighted by Crippen LogP contribution is -2.19. The summed E-state index contributed by atoms with van der Waals surface area (Å²) in [5, 5.41) is 3.25. The second kappa shape index (κ2) is 5.69. The van der Waals surface area contributed by atoms with Crippen LogP contribution in [-0.4, -0.2) is 20.4 Å². The zero-order valence-corrected chi connectivity index (χ0v) is 13.0. The predicted octanol–water partition coefficient (Wildman–Crippen LogP) is 2.43. The fourth-order valence-corrected chi connectivity index (χ4v) is 3.25. The number of carbonyl (C=O) groups excluding carboxylic acids is 1. The maximum absolute atomic E-state index is 12.4. The van der Waals surface area contributed by atoms with Crippen molar-refractivity contribution in [2.75, 3.05) is 5.32 Å². The van der Waals surface area contributed by atoms with Crippen LogP contribution in [0.25, 0.3) is 10.2 Å². The molecule has 0 aromatic carbocycles. The Balaban J connectivity index is 2.05. The predicted molar refractivity (Wildman–Crippen MR) is 86.5 cm³/mol. The molecule has 0 radical (unpaired) electrons. The third-order valence-corrected chi connectivity index (χ3v) is 4.57. The molecule has 0 spiro atoms. The number of hydrogen-bond acceptors (Lipinski definition) is 5. The van der Waals surface area contributed by atoms with Crippen molar-refractivity contribution in [2.45, 2.75) is 20.4 Å². The zero-order chi connectivity index (χ0) is 15.7. The van der Waals surface area contributed by atoms with Gasteiger partial charge < -0.3 is 5.32 Å². The molecule has 22 heavy (non-hydrogen) atoms. The zero-order valence-electron chi connectivity index (χ0n) is 12.2. The van der Waals surface area contributed by atoms with Crippen LogP contribution in [0.2, 0.25) is 0 Å². The van der Waals surface area contributed by atoms with E-state index in [-0.39, 0.29) is 11.5 Å². The third kappa shape index (κ3) is 2.39. The summed E-state index contributed by atoms with van der Waals surface area (Å²) < 4.78 is 1.53. The fourth-order valence-electron chi connectivity index (χ4n) is 2.21. The summed E-state index contributed by atoms with van der Waals surface area (Å²) in [5.74, 6) is 0.199. The van der Waals surface area contributed by atoms with Gasteiger partial charge in [0.15, 0.2) is 0 Å². The van der Waals surface area contributed by atoms with E-state index < -0.39 is 0 Å². The number of nitrogens with one attached hydrogen (secondary N) is 1. The van der Waals surface area contributed by atoms with Gasteiger partial charge in [0.25, 0.3) is 11.5 Å². The fraction of sp³-hybridized carbons (Fsp3) is 0.200. The lowest BCUT2D eigenvalue weighted by Gasteiger charge is -2.02. The van der Waals surface area contributed by atoms with Gasteiger partial charge in [0.05, 0.1) is 16.6 Å². The summed E-state index contributed by atoms with van der Waals surface area (Å²) in [6, 6.07) is 5.28. The van der Waals surface area contributed by atoms with E-state index >= 15 is 0 Å². The van der Waals surface area contributed by atoms with Crippen molar-refractivity contribution >= 4 is 33.3 Å². The van der Waals surface area contributed by atoms with Gasteiger partial charge in [0, 0.05) is 12.7 Å². The highest BCUT2D eigenvalue weighted by Gasteiger charge is 2.19. The van der Waals surface area contributed by atoms with Gasteiger partial charge in [-0.3, -0.25) is 14.2 Å². The smallest absolute Gasteiger partial charge is 0.267 e. The Morgan fingerprint density at radius 1 is 1.36 bits per heavy atom. The molecule has 1 amide bonds. The molecule has 1 N–H and O–H groups in total. The van der Waals surface area contributed by atoms with Crippen molar-refractivity contribution < 1.29 is 4.79 Å². The first-order valence-electron chi connectivity index (χ1n) is 6.82. The minimum Gasteiger partial charge on any atom is -0.306 e. The molecule has 6 nitrogen and oxygen atoms in total. The molecule has 0 aliphatic rings. The molecule has 3 rings (SSSR count). The third-order valence-electron chi connectivity index (χ3n) is 3.37. The SMILES string of the molecule is CCn1cnc2sc(C(=O)Nc3ccccn3)c(C)c2c1=O. The molecule has 0 fully saturated rings. The van der Waals surface area contributed by atoms with Crippen LogP contribution in [0.3, 0.4) is 0 Å². The Bertz CT molecular complexity index is 899. The highest BCUT2D eigenvalue weighted by atomic mass is 32.1. The molecule has 112 valence electrons. The van der Waals surface area contributed by atoms with E-state index in [4.69, 9.17) is 0 Å². The molecule has 0 saturated carbocycles. The van der Waals surface area contributed by atoms with Gasteiger partial charge >= 0.3 is 0 Å². The first-order valence-corrected chi connectivity index (χ1v) is 7.64. The van der Waals surface area contributed by atoms with Gasteiger partial charge in [-0.25, -0.2) is 9.97 Å². The number of aryl methyl sites for hydroxylation is 2. The summed E-state index contributed by atoms with van der Waals surface area (Å²) >= 11 is 1.22. The number of anilines is 1. The number of hydrogen-bond donors (Lipinski definition) is 1. The van der Waals surface area contributed by atoms with E-state index in [0.29, 0.717) is 33.0 Å². The molecule has 0 aliphatic heterocycles. The van der Waals surface area contributed by atoms with Crippen molar-refractivity contribution in [3.05, 3.63) is 51.5 Å². The Kier molecular flexibility index (Phi) is 3.72. The van der Waals surface area contributed by atoms with Crippen LogP contribution in [-0.2, 0) is 6.54 Å². The van der Waals surface area contributed by atoms with E-state index in [2.05, 4.69) is 15.3 Å². The quantitative estimate of drug-likeness (QED) is 0.805. The van der Waals surface area contributed by atoms with E-state index in [0.717, 1.165) is 0 Å². The van der Waals surface area contributed by atoms with Crippen molar-refractivity contribution in [3.8, 4) is 0 Å². The number of thiophene rings is 1. The summed E-state index contributed by atoms with van der Waals surface area (Å²) in [6.07, 6.45) is 3.12. The molecule has 0 unspecified atom stereocenters. The number of nitrogens with zero attached hydrogens (tertiary/aromatic N) is 3. The van der Waals surface area contributed by atoms with Crippen LogP contribution < -0.4 is 10.9 Å². The highest BCUT2D eigenvalue weighted by molar-refractivity contribution is 7.20. The largest absolute Gasteiger partial charge is 0.306 e. The minimum absolute atomic E-state index is 0.113. The van der Waals surface area contributed by atoms with Crippen LogP contribution >= 0.6 is 11.3 Å². The van der Waals surface area contributed by atoms with Crippen molar-refractivity contribution in [3.63, 3.8) is 0 Å². The van der Waals surface area contributed by atoms with Gasteiger partial charge in [-0.1, -0.05) is 6.07 Å². The number of fused-ring (bicyclic) bond motifs is 1.